The molecular weight excluding hydrogens is 492 g/mol. The lowest BCUT2D eigenvalue weighted by atomic mass is 9.71. The summed E-state index contributed by atoms with van der Waals surface area (Å²) in [5, 5.41) is 0. The maximum Gasteiger partial charge on any atom is 0.339 e. The molecule has 0 heterocycles. The van der Waals surface area contributed by atoms with Crippen molar-refractivity contribution in [3.05, 3.63) is 57.2 Å². The number of allylic oxidation sites excluding steroid dienone is 3. The normalized spacial score (nSPS) is 19.0. The molecule has 196 valence electrons. The van der Waals surface area contributed by atoms with Gasteiger partial charge in [-0.05, 0) is 11.1 Å². The van der Waals surface area contributed by atoms with Crippen LogP contribution in [0.25, 0.3) is 0 Å². The van der Waals surface area contributed by atoms with Crippen molar-refractivity contribution in [1.82, 2.24) is 0 Å². The van der Waals surface area contributed by atoms with Crippen LogP contribution in [0, 0.1) is 5.92 Å². The van der Waals surface area contributed by atoms with Crippen LogP contribution >= 0.6 is 0 Å². The maximum absolute atomic E-state index is 13.2. The Bertz CT molecular complexity index is 1270. The number of fused-ring (bicyclic) bond motifs is 1. The lowest BCUT2D eigenvalue weighted by Gasteiger charge is -2.31. The number of carbonyl (C=O) groups excluding carboxylic acids is 6. The van der Waals surface area contributed by atoms with Crippen molar-refractivity contribution in [2.75, 3.05) is 42.7 Å². The van der Waals surface area contributed by atoms with Crippen LogP contribution in [0.4, 0.5) is 0 Å². The van der Waals surface area contributed by atoms with Gasteiger partial charge < -0.3 is 28.4 Å². The van der Waals surface area contributed by atoms with Crippen molar-refractivity contribution in [3.63, 3.8) is 0 Å². The van der Waals surface area contributed by atoms with Crippen LogP contribution in [-0.2, 0) is 38.0 Å². The molecule has 0 saturated carbocycles. The molecule has 12 nitrogen and oxygen atoms in total. The second kappa shape index (κ2) is 10.6. The first kappa shape index (κ1) is 27.1. The van der Waals surface area contributed by atoms with Crippen LogP contribution < -0.4 is 0 Å². The van der Waals surface area contributed by atoms with Gasteiger partial charge in [-0.2, -0.15) is 0 Å². The topological polar surface area (TPSA) is 158 Å². The van der Waals surface area contributed by atoms with Crippen LogP contribution in [0.1, 0.15) is 64.4 Å². The molecule has 2 bridgehead atoms. The fourth-order valence-electron chi connectivity index (χ4n) is 4.77. The van der Waals surface area contributed by atoms with E-state index < -0.39 is 75.8 Å². The Morgan fingerprint density at radius 1 is 0.541 bits per heavy atom. The third-order valence-corrected chi connectivity index (χ3v) is 6.26. The van der Waals surface area contributed by atoms with Crippen molar-refractivity contribution >= 4 is 35.8 Å². The number of esters is 6. The highest BCUT2D eigenvalue weighted by Gasteiger charge is 2.48. The molecular formula is C25H24O12. The number of hydrogen-bond acceptors (Lipinski definition) is 12. The number of carbonyl (C=O) groups is 6. The number of ether oxygens (including phenoxy) is 6. The summed E-state index contributed by atoms with van der Waals surface area (Å²) >= 11 is 0. The summed E-state index contributed by atoms with van der Waals surface area (Å²) < 4.78 is 29.4. The standard InChI is InChI=1S/C25H24O12/c1-32-20(26)12-9-10-7-8-11(14(12)21(27)33-2)15-13(10)16(22(28)34-3)18(24(30)36-5)19(25(31)37-6)17(15)23(29)35-4/h7-11,14H,1-6H3. The zero-order chi connectivity index (χ0) is 27.6. The average Bonchev–Trinajstić information content (AvgIpc) is 3.20. The number of benzene rings is 1. The second-order valence-corrected chi connectivity index (χ2v) is 7.84. The molecule has 0 radical (unpaired) electrons. The molecule has 0 aromatic heterocycles. The predicted octanol–water partition coefficient (Wildman–Crippen LogP) is 1.47. The highest BCUT2D eigenvalue weighted by Crippen LogP contribution is 2.50. The number of methoxy groups -OCH3 is 6. The Hall–Kier alpha value is -4.48. The minimum Gasteiger partial charge on any atom is -0.469 e. The first-order valence-corrected chi connectivity index (χ1v) is 10.8. The lowest BCUT2D eigenvalue weighted by molar-refractivity contribution is -0.147. The zero-order valence-corrected chi connectivity index (χ0v) is 20.9. The molecule has 0 N–H and O–H groups in total. The van der Waals surface area contributed by atoms with Crippen molar-refractivity contribution in [2.24, 2.45) is 5.92 Å². The third-order valence-electron chi connectivity index (χ3n) is 6.26. The van der Waals surface area contributed by atoms with Gasteiger partial charge in [0.05, 0.1) is 70.8 Å². The SMILES string of the molecule is COC(=O)C1=CC2C=CC(c3c(C(=O)OC)c(C(=O)OC)c(C(=O)OC)c(C(=O)OC)c32)C1C(=O)OC. The van der Waals surface area contributed by atoms with E-state index in [0.717, 1.165) is 42.7 Å². The smallest absolute Gasteiger partial charge is 0.339 e. The highest BCUT2D eigenvalue weighted by molar-refractivity contribution is 6.17. The molecule has 3 aliphatic rings. The molecule has 0 aliphatic heterocycles. The average molecular weight is 516 g/mol. The minimum atomic E-state index is -1.34. The second-order valence-electron chi connectivity index (χ2n) is 7.84. The van der Waals surface area contributed by atoms with Gasteiger partial charge in [-0.1, -0.05) is 18.2 Å². The van der Waals surface area contributed by atoms with Gasteiger partial charge in [0.15, 0.2) is 0 Å². The van der Waals surface area contributed by atoms with Gasteiger partial charge in [-0.15, -0.1) is 0 Å². The molecule has 37 heavy (non-hydrogen) atoms. The van der Waals surface area contributed by atoms with Crippen molar-refractivity contribution < 1.29 is 57.2 Å². The summed E-state index contributed by atoms with van der Waals surface area (Å²) in [4.78, 5) is 78.1. The van der Waals surface area contributed by atoms with Gasteiger partial charge in [0.2, 0.25) is 0 Å². The van der Waals surface area contributed by atoms with E-state index in [1.54, 1.807) is 6.08 Å². The Morgan fingerprint density at radius 3 is 1.41 bits per heavy atom. The Balaban J connectivity index is 2.66. The molecule has 1 aromatic carbocycles. The van der Waals surface area contributed by atoms with Gasteiger partial charge in [0, 0.05) is 17.4 Å². The van der Waals surface area contributed by atoms with Crippen LogP contribution in [0.2, 0.25) is 0 Å². The molecule has 0 spiro atoms. The number of hydrogen-bond donors (Lipinski definition) is 0. The number of rotatable bonds is 6. The first-order valence-electron chi connectivity index (χ1n) is 10.8. The summed E-state index contributed by atoms with van der Waals surface area (Å²) in [6, 6.07) is 0. The first-order chi connectivity index (χ1) is 17.6. The fourth-order valence-corrected chi connectivity index (χ4v) is 4.77. The van der Waals surface area contributed by atoms with E-state index in [9.17, 15) is 28.8 Å². The van der Waals surface area contributed by atoms with Crippen molar-refractivity contribution in [1.29, 1.82) is 0 Å². The molecule has 0 fully saturated rings. The minimum absolute atomic E-state index is 0.0154. The molecule has 3 unspecified atom stereocenters. The molecule has 4 rings (SSSR count). The zero-order valence-electron chi connectivity index (χ0n) is 20.9. The van der Waals surface area contributed by atoms with Gasteiger partial charge in [0.1, 0.15) is 0 Å². The molecule has 3 aliphatic carbocycles. The van der Waals surface area contributed by atoms with E-state index in [-0.39, 0.29) is 16.7 Å². The monoisotopic (exact) mass is 516 g/mol. The van der Waals surface area contributed by atoms with Crippen molar-refractivity contribution in [2.45, 2.75) is 11.8 Å². The Morgan fingerprint density at radius 2 is 0.973 bits per heavy atom. The molecule has 3 atom stereocenters. The summed E-state index contributed by atoms with van der Waals surface area (Å²) in [6.45, 7) is 0. The summed E-state index contributed by atoms with van der Waals surface area (Å²) in [5.74, 6) is -9.53. The largest absolute Gasteiger partial charge is 0.469 e. The van der Waals surface area contributed by atoms with Crippen LogP contribution in [0.3, 0.4) is 0 Å². The van der Waals surface area contributed by atoms with E-state index in [1.807, 2.05) is 0 Å². The van der Waals surface area contributed by atoms with E-state index in [4.69, 9.17) is 28.4 Å². The third kappa shape index (κ3) is 4.24. The van der Waals surface area contributed by atoms with E-state index in [1.165, 1.54) is 12.2 Å². The van der Waals surface area contributed by atoms with Gasteiger partial charge in [-0.25, -0.2) is 24.0 Å². The van der Waals surface area contributed by atoms with Crippen LogP contribution in [-0.4, -0.2) is 78.5 Å². The van der Waals surface area contributed by atoms with Gasteiger partial charge in [-0.3, -0.25) is 4.79 Å². The summed E-state index contributed by atoms with van der Waals surface area (Å²) in [7, 11) is 6.36. The van der Waals surface area contributed by atoms with Gasteiger partial charge >= 0.3 is 35.8 Å². The summed E-state index contributed by atoms with van der Waals surface area (Å²) in [5.41, 5.74) is -2.14. The Kier molecular flexibility index (Phi) is 7.80. The van der Waals surface area contributed by atoms with Gasteiger partial charge in [0.25, 0.3) is 0 Å². The lowest BCUT2D eigenvalue weighted by Crippen LogP contribution is -2.32. The van der Waals surface area contributed by atoms with Crippen molar-refractivity contribution in [3.8, 4) is 0 Å². The molecule has 0 saturated heterocycles. The highest BCUT2D eigenvalue weighted by atomic mass is 16.5. The summed E-state index contributed by atoms with van der Waals surface area (Å²) in [6.07, 6.45) is 4.47. The maximum atomic E-state index is 13.2. The molecule has 1 aromatic rings. The predicted molar refractivity (Wildman–Crippen MR) is 122 cm³/mol. The van der Waals surface area contributed by atoms with E-state index in [2.05, 4.69) is 0 Å². The molecule has 12 heteroatoms. The fraction of sp³-hybridized carbons (Fsp3) is 0.360. The van der Waals surface area contributed by atoms with Crippen LogP contribution in [0.5, 0.6) is 0 Å². The van der Waals surface area contributed by atoms with E-state index >= 15 is 0 Å². The van der Waals surface area contributed by atoms with Crippen LogP contribution in [0.15, 0.2) is 23.8 Å². The Labute approximate surface area is 211 Å². The molecule has 0 amide bonds. The quantitative estimate of drug-likeness (QED) is 0.305. The van der Waals surface area contributed by atoms with E-state index in [0.29, 0.717) is 0 Å².